The first-order valence-corrected chi connectivity index (χ1v) is 8.14. The lowest BCUT2D eigenvalue weighted by Crippen LogP contribution is -2.11. The molecule has 3 rings (SSSR count). The first kappa shape index (κ1) is 9.57. The van der Waals surface area contributed by atoms with Crippen molar-refractivity contribution < 1.29 is 22.0 Å². The van der Waals surface area contributed by atoms with Crippen LogP contribution in [-0.2, 0) is 9.73 Å². The Kier molecular flexibility index (Phi) is 2.33. The van der Waals surface area contributed by atoms with Crippen LogP contribution in [0.2, 0.25) is 0 Å². The molecule has 0 aliphatic heterocycles. The summed E-state index contributed by atoms with van der Waals surface area (Å²) in [6.45, 7) is 0. The lowest BCUT2D eigenvalue weighted by molar-refractivity contribution is 0.0967. The van der Waals surface area contributed by atoms with E-state index in [9.17, 15) is 13.8 Å². The number of hydrogen-bond donors (Lipinski definition) is 0. The van der Waals surface area contributed by atoms with Gasteiger partial charge in [-0.05, 0) is 0 Å². The van der Waals surface area contributed by atoms with Gasteiger partial charge in [0.15, 0.2) is 11.6 Å². The maximum atomic E-state index is 13.1. The molecule has 1 aliphatic carbocycles. The highest BCUT2D eigenvalue weighted by molar-refractivity contribution is 7.92. The Morgan fingerprint density at radius 3 is 2.26 bits per heavy atom. The Morgan fingerprint density at radius 2 is 1.61 bits per heavy atom. The van der Waals surface area contributed by atoms with Crippen molar-refractivity contribution in [3.8, 4) is 0 Å². The van der Waals surface area contributed by atoms with Crippen molar-refractivity contribution in [2.45, 2.75) is 0 Å². The molecule has 0 unspecified atom stereocenters. The minimum atomic E-state index is -4.86. The van der Waals surface area contributed by atoms with Gasteiger partial charge < -0.3 is 0 Å². The maximum absolute atomic E-state index is 13.1. The molecule has 0 atom stereocenters. The zero-order valence-electron chi connectivity index (χ0n) is 17.8. The summed E-state index contributed by atoms with van der Waals surface area (Å²) in [5.74, 6) is -1.49. The molecule has 23 heavy (non-hydrogen) atoms. The second-order valence-electron chi connectivity index (χ2n) is 4.91. The highest BCUT2D eigenvalue weighted by atomic mass is 32.2. The molecule has 0 saturated carbocycles. The van der Waals surface area contributed by atoms with E-state index in [0.29, 0.717) is 0 Å². The van der Waals surface area contributed by atoms with Crippen LogP contribution in [0.4, 0.5) is 0 Å². The van der Waals surface area contributed by atoms with Crippen LogP contribution >= 0.6 is 0 Å². The van der Waals surface area contributed by atoms with Gasteiger partial charge in [0.25, 0.3) is 0 Å². The monoisotopic (exact) mass is 331 g/mol. The molecular formula is C18H15NO3S. The van der Waals surface area contributed by atoms with Gasteiger partial charge in [-0.25, -0.2) is 4.21 Å². The Labute approximate surface area is 143 Å². The molecule has 4 nitrogen and oxygen atoms in total. The number of benzene rings is 2. The lowest BCUT2D eigenvalue weighted by Gasteiger charge is -2.04. The zero-order valence-corrected chi connectivity index (χ0v) is 12.6. The average molecular weight is 331 g/mol. The number of rotatable bonds is 3. The van der Waals surface area contributed by atoms with Gasteiger partial charge in [0.2, 0.25) is 0 Å². The molecular weight excluding hydrogens is 310 g/mol. The molecule has 0 saturated heterocycles. The quantitative estimate of drug-likeness (QED) is 0.641. The van der Waals surface area contributed by atoms with Crippen LogP contribution in [-0.4, -0.2) is 28.1 Å². The van der Waals surface area contributed by atoms with E-state index in [2.05, 4.69) is 4.36 Å². The summed E-state index contributed by atoms with van der Waals surface area (Å²) < 4.78 is 61.6. The fraction of sp³-hybridized carbons (Fsp3) is 0.111. The van der Waals surface area contributed by atoms with Gasteiger partial charge in [-0.2, -0.15) is 4.36 Å². The SMILES string of the molecule is [2H]C([2H])([2H])S(=O)(=NC1=C(C(=O)c2ccccc2)C(=O)c2ccccc21)C([2H])([2H])[2H]. The van der Waals surface area contributed by atoms with Crippen molar-refractivity contribution >= 4 is 27.0 Å². The molecule has 0 fully saturated rings. The molecule has 116 valence electrons. The average Bonchev–Trinajstić information content (AvgIpc) is 2.92. The molecule has 0 bridgehead atoms. The third-order valence-corrected chi connectivity index (χ3v) is 3.81. The molecule has 0 aromatic heterocycles. The predicted molar refractivity (Wildman–Crippen MR) is 90.9 cm³/mol. The van der Waals surface area contributed by atoms with Crippen LogP contribution in [0.3, 0.4) is 0 Å². The first-order valence-electron chi connectivity index (χ1n) is 9.63. The van der Waals surface area contributed by atoms with Crippen LogP contribution in [0.1, 0.15) is 34.5 Å². The summed E-state index contributed by atoms with van der Waals surface area (Å²) in [6, 6.07) is 13.6. The second kappa shape index (κ2) is 5.59. The molecule has 0 spiro atoms. The van der Waals surface area contributed by atoms with Gasteiger partial charge >= 0.3 is 0 Å². The number of carbonyl (C=O) groups excluding carboxylic acids is 2. The van der Waals surface area contributed by atoms with E-state index in [-0.39, 0.29) is 16.7 Å². The number of nitrogens with zero attached hydrogens (tertiary/aromatic N) is 1. The van der Waals surface area contributed by atoms with Crippen molar-refractivity contribution in [3.05, 3.63) is 76.9 Å². The highest BCUT2D eigenvalue weighted by Crippen LogP contribution is 2.35. The Bertz CT molecular complexity index is 1140. The third kappa shape index (κ3) is 2.87. The Hall–Kier alpha value is -2.53. The Balaban J connectivity index is 2.39. The normalized spacial score (nSPS) is 18.9. The summed E-state index contributed by atoms with van der Waals surface area (Å²) in [4.78, 5) is 25.9. The second-order valence-corrected chi connectivity index (χ2v) is 6.14. The first-order chi connectivity index (χ1) is 13.4. The largest absolute Gasteiger partial charge is 0.288 e. The molecule has 0 heterocycles. The van der Waals surface area contributed by atoms with Crippen LogP contribution < -0.4 is 0 Å². The van der Waals surface area contributed by atoms with E-state index in [0.717, 1.165) is 0 Å². The van der Waals surface area contributed by atoms with E-state index in [1.165, 1.54) is 36.4 Å². The van der Waals surface area contributed by atoms with Crippen LogP contribution in [0.5, 0.6) is 0 Å². The van der Waals surface area contributed by atoms with Crippen LogP contribution in [0.25, 0.3) is 5.70 Å². The summed E-state index contributed by atoms with van der Waals surface area (Å²) in [5, 5.41) is 0. The van der Waals surface area contributed by atoms with E-state index in [1.54, 1.807) is 18.2 Å². The van der Waals surface area contributed by atoms with Crippen molar-refractivity contribution in [1.82, 2.24) is 0 Å². The van der Waals surface area contributed by atoms with Gasteiger partial charge in [0.1, 0.15) is 0 Å². The summed E-state index contributed by atoms with van der Waals surface area (Å²) in [6.07, 6.45) is -6.93. The van der Waals surface area contributed by atoms with Gasteiger partial charge in [0.05, 0.1) is 11.3 Å². The van der Waals surface area contributed by atoms with Crippen LogP contribution in [0, 0.1) is 0 Å². The number of fused-ring (bicyclic) bond motifs is 1. The van der Waals surface area contributed by atoms with Crippen molar-refractivity contribution in [2.24, 2.45) is 4.36 Å². The standard InChI is InChI=1S/C18H15NO3S/c1-23(2,22)19-16-13-10-6-7-11-14(13)18(21)15(16)17(20)12-8-4-3-5-9-12/h3-11H,1-2H3/i1D3,2D3. The summed E-state index contributed by atoms with van der Waals surface area (Å²) >= 11 is 0. The fourth-order valence-electron chi connectivity index (χ4n) is 2.43. The number of Topliss-reactive ketones (excluding diaryl/α,β-unsaturated/α-hetero) is 2. The number of ketones is 2. The summed E-state index contributed by atoms with van der Waals surface area (Å²) in [5.41, 5.74) is -0.720. The number of allylic oxidation sites excluding steroid dienone is 1. The molecule has 0 N–H and O–H groups in total. The van der Waals surface area contributed by atoms with Gasteiger partial charge in [0, 0.05) is 47.0 Å². The summed E-state index contributed by atoms with van der Waals surface area (Å²) in [7, 11) is -4.86. The van der Waals surface area contributed by atoms with E-state index < -0.39 is 44.9 Å². The smallest absolute Gasteiger partial charge is 0.199 e. The predicted octanol–water partition coefficient (Wildman–Crippen LogP) is 3.20. The molecule has 0 radical (unpaired) electrons. The maximum Gasteiger partial charge on any atom is 0.199 e. The highest BCUT2D eigenvalue weighted by Gasteiger charge is 2.34. The van der Waals surface area contributed by atoms with Crippen LogP contribution in [0.15, 0.2) is 64.5 Å². The Morgan fingerprint density at radius 1 is 1.00 bits per heavy atom. The van der Waals surface area contributed by atoms with Gasteiger partial charge in [-0.15, -0.1) is 0 Å². The number of hydrogen-bond acceptors (Lipinski definition) is 4. The van der Waals surface area contributed by atoms with Crippen molar-refractivity contribution in [3.63, 3.8) is 0 Å². The minimum Gasteiger partial charge on any atom is -0.288 e. The van der Waals surface area contributed by atoms with E-state index in [1.807, 2.05) is 0 Å². The molecule has 5 heteroatoms. The van der Waals surface area contributed by atoms with E-state index in [4.69, 9.17) is 8.22 Å². The minimum absolute atomic E-state index is 0.0587. The molecule has 1 aliphatic rings. The van der Waals surface area contributed by atoms with Crippen molar-refractivity contribution in [1.29, 1.82) is 0 Å². The zero-order chi connectivity index (χ0) is 21.6. The molecule has 2 aromatic rings. The fourth-order valence-corrected chi connectivity index (χ4v) is 2.88. The lowest BCUT2D eigenvalue weighted by atomic mass is 10.0. The number of carbonyl (C=O) groups is 2. The van der Waals surface area contributed by atoms with E-state index >= 15 is 0 Å². The van der Waals surface area contributed by atoms with Crippen molar-refractivity contribution in [2.75, 3.05) is 12.4 Å². The van der Waals surface area contributed by atoms with Gasteiger partial charge in [-0.1, -0.05) is 54.6 Å². The topological polar surface area (TPSA) is 63.6 Å². The molecule has 0 amide bonds. The molecule has 2 aromatic carbocycles. The third-order valence-electron chi connectivity index (χ3n) is 3.37. The van der Waals surface area contributed by atoms with Gasteiger partial charge in [-0.3, -0.25) is 9.59 Å².